The number of aliphatic hydroxyl groups is 1. The SMILES string of the molecule is C/C=C(\C=C/C=S)C(O)(CC)CCC(C)C. The summed E-state index contributed by atoms with van der Waals surface area (Å²) >= 11 is 4.76. The lowest BCUT2D eigenvalue weighted by molar-refractivity contribution is 0.0625. The predicted molar refractivity (Wildman–Crippen MR) is 75.9 cm³/mol. The summed E-state index contributed by atoms with van der Waals surface area (Å²) in [6.07, 6.45) is 8.27. The van der Waals surface area contributed by atoms with Gasteiger partial charge in [-0.15, -0.1) is 0 Å². The van der Waals surface area contributed by atoms with Crippen molar-refractivity contribution in [3.05, 3.63) is 23.8 Å². The van der Waals surface area contributed by atoms with Gasteiger partial charge in [-0.05, 0) is 37.7 Å². The summed E-state index contributed by atoms with van der Waals surface area (Å²) in [5.74, 6) is 0.616. The Kier molecular flexibility index (Phi) is 7.52. The van der Waals surface area contributed by atoms with E-state index in [1.807, 2.05) is 26.0 Å². The second-order valence-corrected chi connectivity index (χ2v) is 4.83. The first-order chi connectivity index (χ1) is 7.50. The summed E-state index contributed by atoms with van der Waals surface area (Å²) < 4.78 is 0. The van der Waals surface area contributed by atoms with E-state index in [9.17, 15) is 5.11 Å². The third-order valence-corrected chi connectivity index (χ3v) is 3.08. The van der Waals surface area contributed by atoms with Crippen molar-refractivity contribution in [2.45, 2.75) is 52.6 Å². The Labute approximate surface area is 105 Å². The molecule has 1 unspecified atom stereocenters. The Balaban J connectivity index is 4.76. The van der Waals surface area contributed by atoms with Crippen molar-refractivity contribution in [1.82, 2.24) is 0 Å². The van der Waals surface area contributed by atoms with Gasteiger partial charge >= 0.3 is 0 Å². The average molecular weight is 240 g/mol. The first-order valence-corrected chi connectivity index (χ1v) is 6.48. The molecule has 0 aromatic heterocycles. The Hall–Kier alpha value is -0.470. The van der Waals surface area contributed by atoms with Gasteiger partial charge in [-0.25, -0.2) is 0 Å². The monoisotopic (exact) mass is 240 g/mol. The number of rotatable bonds is 7. The van der Waals surface area contributed by atoms with Gasteiger partial charge in [-0.1, -0.05) is 51.2 Å². The molecule has 1 N–H and O–H groups in total. The van der Waals surface area contributed by atoms with E-state index < -0.39 is 5.60 Å². The number of hydrogen-bond donors (Lipinski definition) is 1. The Bertz CT molecular complexity index is 266. The van der Waals surface area contributed by atoms with Gasteiger partial charge in [0.25, 0.3) is 0 Å². The number of thiocarbonyl (C=S) groups is 1. The van der Waals surface area contributed by atoms with Crippen LogP contribution < -0.4 is 0 Å². The molecule has 0 rings (SSSR count). The lowest BCUT2D eigenvalue weighted by Crippen LogP contribution is -2.30. The maximum Gasteiger partial charge on any atom is 0.0890 e. The summed E-state index contributed by atoms with van der Waals surface area (Å²) in [6.45, 7) is 8.34. The van der Waals surface area contributed by atoms with Gasteiger partial charge in [-0.2, -0.15) is 0 Å². The Morgan fingerprint density at radius 1 is 1.44 bits per heavy atom. The maximum absolute atomic E-state index is 10.6. The van der Waals surface area contributed by atoms with Gasteiger partial charge in [0.1, 0.15) is 0 Å². The molecule has 1 atom stereocenters. The highest BCUT2D eigenvalue weighted by Gasteiger charge is 2.27. The van der Waals surface area contributed by atoms with Gasteiger partial charge in [0.15, 0.2) is 0 Å². The van der Waals surface area contributed by atoms with Crippen molar-refractivity contribution in [2.75, 3.05) is 0 Å². The minimum Gasteiger partial charge on any atom is -0.385 e. The molecule has 0 heterocycles. The van der Waals surface area contributed by atoms with E-state index in [0.29, 0.717) is 5.92 Å². The molecule has 0 bridgehead atoms. The lowest BCUT2D eigenvalue weighted by Gasteiger charge is -2.29. The van der Waals surface area contributed by atoms with Crippen LogP contribution in [0.4, 0.5) is 0 Å². The van der Waals surface area contributed by atoms with Gasteiger partial charge < -0.3 is 5.11 Å². The van der Waals surface area contributed by atoms with E-state index in [1.54, 1.807) is 11.4 Å². The molecule has 0 saturated heterocycles. The van der Waals surface area contributed by atoms with E-state index in [2.05, 4.69) is 13.8 Å². The number of hydrogen-bond acceptors (Lipinski definition) is 2. The molecule has 1 nitrogen and oxygen atoms in total. The van der Waals surface area contributed by atoms with Gasteiger partial charge in [0.05, 0.1) is 5.60 Å². The Morgan fingerprint density at radius 2 is 2.06 bits per heavy atom. The maximum atomic E-state index is 10.6. The van der Waals surface area contributed by atoms with Crippen molar-refractivity contribution < 1.29 is 5.11 Å². The molecule has 16 heavy (non-hydrogen) atoms. The van der Waals surface area contributed by atoms with Crippen LogP contribution in [0.25, 0.3) is 0 Å². The van der Waals surface area contributed by atoms with Crippen molar-refractivity contribution in [3.8, 4) is 0 Å². The fourth-order valence-electron chi connectivity index (χ4n) is 1.72. The normalized spacial score (nSPS) is 16.8. The van der Waals surface area contributed by atoms with Crippen LogP contribution in [-0.2, 0) is 0 Å². The topological polar surface area (TPSA) is 20.2 Å². The predicted octanol–water partition coefficient (Wildman–Crippen LogP) is 4.07. The molecule has 2 heteroatoms. The van der Waals surface area contributed by atoms with E-state index >= 15 is 0 Å². The van der Waals surface area contributed by atoms with Crippen LogP contribution in [0, 0.1) is 5.92 Å². The molecule has 0 aliphatic carbocycles. The molecule has 0 fully saturated rings. The second kappa shape index (κ2) is 7.75. The van der Waals surface area contributed by atoms with E-state index in [1.165, 1.54) is 0 Å². The fourth-order valence-corrected chi connectivity index (χ4v) is 1.79. The first-order valence-electron chi connectivity index (χ1n) is 6.01. The third-order valence-electron chi connectivity index (χ3n) is 2.92. The van der Waals surface area contributed by atoms with E-state index in [4.69, 9.17) is 12.2 Å². The molecule has 0 spiro atoms. The molecule has 0 aliphatic heterocycles. The van der Waals surface area contributed by atoms with Crippen LogP contribution in [0.1, 0.15) is 47.0 Å². The van der Waals surface area contributed by atoms with Crippen molar-refractivity contribution in [2.24, 2.45) is 5.92 Å². The van der Waals surface area contributed by atoms with Gasteiger partial charge in [0.2, 0.25) is 0 Å². The summed E-state index contributed by atoms with van der Waals surface area (Å²) in [5, 5.41) is 12.2. The highest BCUT2D eigenvalue weighted by molar-refractivity contribution is 7.79. The zero-order chi connectivity index (χ0) is 12.6. The zero-order valence-corrected chi connectivity index (χ0v) is 11.7. The summed E-state index contributed by atoms with van der Waals surface area (Å²) in [7, 11) is 0. The van der Waals surface area contributed by atoms with Crippen LogP contribution in [0.2, 0.25) is 0 Å². The molecule has 0 aromatic rings. The average Bonchev–Trinajstić information content (AvgIpc) is 2.27. The molecule has 0 amide bonds. The standard InChI is InChI=1S/C14H24OS/c1-5-13(8-7-11-16)14(15,6-2)10-9-12(3)4/h5,7-8,11-12,15H,6,9-10H2,1-4H3/b8-7-,13-5+. The minimum atomic E-state index is -0.701. The first kappa shape index (κ1) is 15.5. The minimum absolute atomic E-state index is 0.616. The Morgan fingerprint density at radius 3 is 2.44 bits per heavy atom. The van der Waals surface area contributed by atoms with Crippen LogP contribution in [0.5, 0.6) is 0 Å². The summed E-state index contributed by atoms with van der Waals surface area (Å²) in [4.78, 5) is 0. The zero-order valence-electron chi connectivity index (χ0n) is 10.9. The molecule has 0 aliphatic rings. The van der Waals surface area contributed by atoms with Crippen LogP contribution >= 0.6 is 12.2 Å². The molecular weight excluding hydrogens is 216 g/mol. The summed E-state index contributed by atoms with van der Waals surface area (Å²) in [6, 6.07) is 0. The highest BCUT2D eigenvalue weighted by Crippen LogP contribution is 2.29. The molecular formula is C14H24OS. The largest absolute Gasteiger partial charge is 0.385 e. The highest BCUT2D eigenvalue weighted by atomic mass is 32.1. The van der Waals surface area contributed by atoms with Crippen molar-refractivity contribution in [3.63, 3.8) is 0 Å². The molecule has 0 saturated carbocycles. The van der Waals surface area contributed by atoms with Crippen molar-refractivity contribution >= 4 is 17.6 Å². The third kappa shape index (κ3) is 5.04. The van der Waals surface area contributed by atoms with Gasteiger partial charge in [0, 0.05) is 5.37 Å². The molecule has 0 aromatic carbocycles. The van der Waals surface area contributed by atoms with E-state index in [-0.39, 0.29) is 0 Å². The number of allylic oxidation sites excluding steroid dienone is 2. The smallest absolute Gasteiger partial charge is 0.0890 e. The van der Waals surface area contributed by atoms with E-state index in [0.717, 1.165) is 24.8 Å². The summed E-state index contributed by atoms with van der Waals surface area (Å²) in [5.41, 5.74) is 0.269. The quantitative estimate of drug-likeness (QED) is 0.411. The van der Waals surface area contributed by atoms with Crippen LogP contribution in [0.15, 0.2) is 23.8 Å². The van der Waals surface area contributed by atoms with Crippen LogP contribution in [0.3, 0.4) is 0 Å². The van der Waals surface area contributed by atoms with Gasteiger partial charge in [-0.3, -0.25) is 0 Å². The van der Waals surface area contributed by atoms with Crippen molar-refractivity contribution in [1.29, 1.82) is 0 Å². The molecule has 0 radical (unpaired) electrons. The fraction of sp³-hybridized carbons (Fsp3) is 0.643. The second-order valence-electron chi connectivity index (χ2n) is 4.56. The lowest BCUT2D eigenvalue weighted by atomic mass is 9.84. The molecule has 92 valence electrons. The van der Waals surface area contributed by atoms with Crippen LogP contribution in [-0.4, -0.2) is 16.1 Å².